The van der Waals surface area contributed by atoms with Crippen LogP contribution in [0.1, 0.15) is 43.4 Å². The van der Waals surface area contributed by atoms with Gasteiger partial charge in [-0.1, -0.05) is 37.6 Å². The van der Waals surface area contributed by atoms with Gasteiger partial charge < -0.3 is 5.32 Å². The quantitative estimate of drug-likeness (QED) is 0.840. The van der Waals surface area contributed by atoms with Crippen molar-refractivity contribution in [2.75, 3.05) is 7.05 Å². The maximum atomic E-state index is 9.27. The zero-order valence-corrected chi connectivity index (χ0v) is 10.7. The van der Waals surface area contributed by atoms with Gasteiger partial charge in [0.2, 0.25) is 0 Å². The molecule has 2 heteroatoms. The highest BCUT2D eigenvalue weighted by molar-refractivity contribution is 5.31. The largest absolute Gasteiger partial charge is 0.312 e. The van der Waals surface area contributed by atoms with Crippen LogP contribution in [0.2, 0.25) is 0 Å². The van der Waals surface area contributed by atoms with Gasteiger partial charge in [0.25, 0.3) is 0 Å². The molecular formula is C15H20N2. The second-order valence-corrected chi connectivity index (χ2v) is 4.98. The summed E-state index contributed by atoms with van der Waals surface area (Å²) in [6, 6.07) is 11.4. The van der Waals surface area contributed by atoms with E-state index in [-0.39, 0.29) is 11.5 Å². The van der Waals surface area contributed by atoms with E-state index >= 15 is 0 Å². The molecule has 2 rings (SSSR count). The Labute approximate surface area is 104 Å². The number of benzene rings is 1. The summed E-state index contributed by atoms with van der Waals surface area (Å²) in [4.78, 5) is 0. The van der Waals surface area contributed by atoms with Crippen molar-refractivity contribution in [3.63, 3.8) is 0 Å². The number of nitrogens with zero attached hydrogens (tertiary/aromatic N) is 1. The fourth-order valence-electron chi connectivity index (χ4n) is 2.53. The van der Waals surface area contributed by atoms with Crippen LogP contribution in [0.5, 0.6) is 0 Å². The van der Waals surface area contributed by atoms with Crippen LogP contribution in [-0.2, 0) is 6.42 Å². The molecule has 17 heavy (non-hydrogen) atoms. The summed E-state index contributed by atoms with van der Waals surface area (Å²) in [5.41, 5.74) is 2.47. The molecular weight excluding hydrogens is 208 g/mol. The molecule has 1 unspecified atom stereocenters. The molecule has 1 saturated carbocycles. The number of hydrogen-bond acceptors (Lipinski definition) is 2. The number of hydrogen-bond donors (Lipinski definition) is 1. The van der Waals surface area contributed by atoms with Crippen LogP contribution in [0.15, 0.2) is 24.3 Å². The third-order valence-corrected chi connectivity index (χ3v) is 3.70. The minimum Gasteiger partial charge on any atom is -0.312 e. The standard InChI is InChI=1S/C15H20N2/c1-3-4-12-5-7-13(8-6-12)14(17-2)15(11-16)9-10-15/h5-8,14,17H,3-4,9-10H2,1-2H3. The van der Waals surface area contributed by atoms with E-state index in [0.29, 0.717) is 0 Å². The van der Waals surface area contributed by atoms with Crippen molar-refractivity contribution < 1.29 is 0 Å². The molecule has 0 spiro atoms. The third-order valence-electron chi connectivity index (χ3n) is 3.70. The summed E-state index contributed by atoms with van der Waals surface area (Å²) in [6.07, 6.45) is 4.35. The van der Waals surface area contributed by atoms with Crippen molar-refractivity contribution in [3.05, 3.63) is 35.4 Å². The van der Waals surface area contributed by atoms with Gasteiger partial charge in [0.1, 0.15) is 0 Å². The fraction of sp³-hybridized carbons (Fsp3) is 0.533. The van der Waals surface area contributed by atoms with Gasteiger partial charge in [-0.3, -0.25) is 0 Å². The molecule has 0 aromatic heterocycles. The highest BCUT2D eigenvalue weighted by atomic mass is 14.9. The molecule has 1 aliphatic rings. The first-order valence-electron chi connectivity index (χ1n) is 6.43. The minimum atomic E-state index is -0.152. The lowest BCUT2D eigenvalue weighted by Gasteiger charge is -2.21. The molecule has 1 aromatic rings. The van der Waals surface area contributed by atoms with E-state index in [2.05, 4.69) is 42.6 Å². The minimum absolute atomic E-state index is 0.152. The Morgan fingerprint density at radius 2 is 2.00 bits per heavy atom. The summed E-state index contributed by atoms with van der Waals surface area (Å²) < 4.78 is 0. The van der Waals surface area contributed by atoms with Crippen LogP contribution >= 0.6 is 0 Å². The summed E-state index contributed by atoms with van der Waals surface area (Å²) in [5, 5.41) is 12.6. The first-order chi connectivity index (χ1) is 8.25. The Balaban J connectivity index is 2.18. The Bertz CT molecular complexity index is 410. The van der Waals surface area contributed by atoms with Crippen LogP contribution in [-0.4, -0.2) is 7.05 Å². The van der Waals surface area contributed by atoms with E-state index in [9.17, 15) is 5.26 Å². The average Bonchev–Trinajstić information content (AvgIpc) is 3.14. The van der Waals surface area contributed by atoms with Crippen molar-refractivity contribution in [3.8, 4) is 6.07 Å². The number of nitriles is 1. The molecule has 0 saturated heterocycles. The van der Waals surface area contributed by atoms with Gasteiger partial charge >= 0.3 is 0 Å². The summed E-state index contributed by atoms with van der Waals surface area (Å²) in [7, 11) is 1.95. The predicted octanol–water partition coefficient (Wildman–Crippen LogP) is 3.20. The van der Waals surface area contributed by atoms with Crippen molar-refractivity contribution in [1.82, 2.24) is 5.32 Å². The lowest BCUT2D eigenvalue weighted by atomic mass is 9.90. The normalized spacial score (nSPS) is 18.4. The molecule has 1 aliphatic carbocycles. The van der Waals surface area contributed by atoms with E-state index in [1.165, 1.54) is 17.5 Å². The van der Waals surface area contributed by atoms with E-state index in [0.717, 1.165) is 19.3 Å². The number of nitrogens with one attached hydrogen (secondary N) is 1. The summed E-state index contributed by atoms with van der Waals surface area (Å²) in [5.74, 6) is 0. The lowest BCUT2D eigenvalue weighted by Crippen LogP contribution is -2.25. The monoisotopic (exact) mass is 228 g/mol. The summed E-state index contributed by atoms with van der Waals surface area (Å²) in [6.45, 7) is 2.19. The van der Waals surface area contributed by atoms with Crippen molar-refractivity contribution in [2.45, 2.75) is 38.6 Å². The molecule has 2 nitrogen and oxygen atoms in total. The molecule has 0 heterocycles. The molecule has 90 valence electrons. The predicted molar refractivity (Wildman–Crippen MR) is 69.5 cm³/mol. The molecule has 0 bridgehead atoms. The van der Waals surface area contributed by atoms with Crippen LogP contribution < -0.4 is 5.32 Å². The van der Waals surface area contributed by atoms with E-state index in [1.807, 2.05) is 7.05 Å². The molecule has 1 aromatic carbocycles. The van der Waals surface area contributed by atoms with Crippen molar-refractivity contribution >= 4 is 0 Å². The van der Waals surface area contributed by atoms with E-state index < -0.39 is 0 Å². The zero-order valence-electron chi connectivity index (χ0n) is 10.7. The van der Waals surface area contributed by atoms with Gasteiger partial charge in [-0.2, -0.15) is 5.26 Å². The molecule has 1 N–H and O–H groups in total. The van der Waals surface area contributed by atoms with Crippen molar-refractivity contribution in [1.29, 1.82) is 5.26 Å². The Morgan fingerprint density at radius 3 is 2.41 bits per heavy atom. The highest BCUT2D eigenvalue weighted by Gasteiger charge is 2.50. The first-order valence-corrected chi connectivity index (χ1v) is 6.43. The number of aryl methyl sites for hydroxylation is 1. The highest BCUT2D eigenvalue weighted by Crippen LogP contribution is 2.54. The van der Waals surface area contributed by atoms with Gasteiger partial charge in [-0.15, -0.1) is 0 Å². The van der Waals surface area contributed by atoms with Gasteiger partial charge in [0.15, 0.2) is 0 Å². The maximum absolute atomic E-state index is 9.27. The van der Waals surface area contributed by atoms with Crippen LogP contribution in [0.4, 0.5) is 0 Å². The van der Waals surface area contributed by atoms with E-state index in [4.69, 9.17) is 0 Å². The van der Waals surface area contributed by atoms with Crippen LogP contribution in [0, 0.1) is 16.7 Å². The molecule has 0 amide bonds. The Kier molecular flexibility index (Phi) is 3.49. The average molecular weight is 228 g/mol. The first kappa shape index (κ1) is 12.1. The third kappa shape index (κ3) is 2.35. The topological polar surface area (TPSA) is 35.8 Å². The maximum Gasteiger partial charge on any atom is 0.0769 e. The summed E-state index contributed by atoms with van der Waals surface area (Å²) >= 11 is 0. The molecule has 1 atom stereocenters. The Morgan fingerprint density at radius 1 is 1.35 bits per heavy atom. The molecule has 1 fully saturated rings. The van der Waals surface area contributed by atoms with Gasteiger partial charge in [-0.25, -0.2) is 0 Å². The van der Waals surface area contributed by atoms with Crippen molar-refractivity contribution in [2.24, 2.45) is 5.41 Å². The fourth-order valence-corrected chi connectivity index (χ4v) is 2.53. The number of rotatable bonds is 5. The zero-order chi connectivity index (χ0) is 12.3. The molecule has 0 radical (unpaired) electrons. The van der Waals surface area contributed by atoms with Gasteiger partial charge in [0.05, 0.1) is 17.5 Å². The second-order valence-electron chi connectivity index (χ2n) is 4.98. The van der Waals surface area contributed by atoms with E-state index in [1.54, 1.807) is 0 Å². The molecule has 0 aliphatic heterocycles. The van der Waals surface area contributed by atoms with Gasteiger partial charge in [-0.05, 0) is 37.4 Å². The second kappa shape index (κ2) is 4.89. The van der Waals surface area contributed by atoms with Gasteiger partial charge in [0, 0.05) is 0 Å². The SMILES string of the molecule is CCCc1ccc(C(NC)C2(C#N)CC2)cc1. The Hall–Kier alpha value is -1.33. The van der Waals surface area contributed by atoms with Crippen LogP contribution in [0.3, 0.4) is 0 Å². The smallest absolute Gasteiger partial charge is 0.0769 e. The lowest BCUT2D eigenvalue weighted by molar-refractivity contribution is 0.444. The van der Waals surface area contributed by atoms with Crippen LogP contribution in [0.25, 0.3) is 0 Å².